The smallest absolute Gasteiger partial charge is 0.255 e. The van der Waals surface area contributed by atoms with Gasteiger partial charge in [0.2, 0.25) is 5.91 Å². The van der Waals surface area contributed by atoms with Gasteiger partial charge in [0.15, 0.2) is 0 Å². The predicted octanol–water partition coefficient (Wildman–Crippen LogP) is 3.32. The molecule has 0 bridgehead atoms. The van der Waals surface area contributed by atoms with Crippen LogP contribution in [0.2, 0.25) is 0 Å². The SMILES string of the molecule is COc1cc(NC(=O)C(C(C)C)N2Cc3ccccc3C2=O)cc(OC)c1. The fourth-order valence-corrected chi connectivity index (χ4v) is 3.40. The lowest BCUT2D eigenvalue weighted by Gasteiger charge is -2.30. The van der Waals surface area contributed by atoms with E-state index in [0.717, 1.165) is 5.56 Å². The number of ether oxygens (including phenoxy) is 2. The van der Waals surface area contributed by atoms with Gasteiger partial charge in [-0.05, 0) is 17.5 Å². The summed E-state index contributed by atoms with van der Waals surface area (Å²) in [7, 11) is 3.11. The molecular weight excluding hydrogens is 344 g/mol. The van der Waals surface area contributed by atoms with Gasteiger partial charge in [-0.1, -0.05) is 32.0 Å². The maximum absolute atomic E-state index is 13.1. The van der Waals surface area contributed by atoms with E-state index in [1.165, 1.54) is 0 Å². The average molecular weight is 368 g/mol. The fraction of sp³-hybridized carbons (Fsp3) is 0.333. The summed E-state index contributed by atoms with van der Waals surface area (Å²) in [5.74, 6) is 0.769. The summed E-state index contributed by atoms with van der Waals surface area (Å²) in [6.45, 7) is 4.31. The van der Waals surface area contributed by atoms with Crippen LogP contribution < -0.4 is 14.8 Å². The molecule has 142 valence electrons. The number of amides is 2. The van der Waals surface area contributed by atoms with E-state index in [2.05, 4.69) is 5.32 Å². The zero-order chi connectivity index (χ0) is 19.6. The number of fused-ring (bicyclic) bond motifs is 1. The molecule has 1 aliphatic heterocycles. The van der Waals surface area contributed by atoms with E-state index < -0.39 is 6.04 Å². The molecule has 27 heavy (non-hydrogen) atoms. The number of rotatable bonds is 6. The Morgan fingerprint density at radius 3 is 2.26 bits per heavy atom. The van der Waals surface area contributed by atoms with Gasteiger partial charge in [0.1, 0.15) is 17.5 Å². The first-order valence-corrected chi connectivity index (χ1v) is 8.87. The molecule has 1 unspecified atom stereocenters. The van der Waals surface area contributed by atoms with Crippen LogP contribution in [-0.4, -0.2) is 37.0 Å². The number of anilines is 1. The van der Waals surface area contributed by atoms with Crippen LogP contribution in [0.25, 0.3) is 0 Å². The van der Waals surface area contributed by atoms with Gasteiger partial charge in [0.25, 0.3) is 5.91 Å². The second kappa shape index (κ2) is 7.70. The van der Waals surface area contributed by atoms with E-state index in [1.54, 1.807) is 43.4 Å². The number of hydrogen-bond acceptors (Lipinski definition) is 4. The summed E-state index contributed by atoms with van der Waals surface area (Å²) in [4.78, 5) is 27.5. The summed E-state index contributed by atoms with van der Waals surface area (Å²) in [6.07, 6.45) is 0. The zero-order valence-corrected chi connectivity index (χ0v) is 16.0. The van der Waals surface area contributed by atoms with Gasteiger partial charge < -0.3 is 19.7 Å². The van der Waals surface area contributed by atoms with E-state index in [1.807, 2.05) is 32.0 Å². The van der Waals surface area contributed by atoms with Gasteiger partial charge in [0, 0.05) is 36.0 Å². The summed E-state index contributed by atoms with van der Waals surface area (Å²) in [5, 5.41) is 2.90. The molecule has 0 saturated carbocycles. The maximum atomic E-state index is 13.1. The van der Waals surface area contributed by atoms with Crippen molar-refractivity contribution in [2.24, 2.45) is 5.92 Å². The summed E-state index contributed by atoms with van der Waals surface area (Å²) in [5.41, 5.74) is 2.18. The first-order valence-electron chi connectivity index (χ1n) is 8.87. The van der Waals surface area contributed by atoms with Gasteiger partial charge in [-0.2, -0.15) is 0 Å². The molecule has 6 nitrogen and oxygen atoms in total. The molecule has 0 aromatic heterocycles. The van der Waals surface area contributed by atoms with Crippen LogP contribution in [-0.2, 0) is 11.3 Å². The fourth-order valence-electron chi connectivity index (χ4n) is 3.40. The van der Waals surface area contributed by atoms with Crippen LogP contribution in [0, 0.1) is 5.92 Å². The van der Waals surface area contributed by atoms with Crippen molar-refractivity contribution in [2.45, 2.75) is 26.4 Å². The molecule has 2 amide bonds. The van der Waals surface area contributed by atoms with Crippen LogP contribution in [0.4, 0.5) is 5.69 Å². The monoisotopic (exact) mass is 368 g/mol. The third-order valence-electron chi connectivity index (χ3n) is 4.70. The predicted molar refractivity (Wildman–Crippen MR) is 103 cm³/mol. The molecule has 0 fully saturated rings. The lowest BCUT2D eigenvalue weighted by molar-refractivity contribution is -0.122. The lowest BCUT2D eigenvalue weighted by atomic mass is 10.0. The van der Waals surface area contributed by atoms with Crippen molar-refractivity contribution in [1.29, 1.82) is 0 Å². The Balaban J connectivity index is 1.84. The Labute approximate surface area is 159 Å². The van der Waals surface area contributed by atoms with Gasteiger partial charge in [-0.15, -0.1) is 0 Å². The minimum atomic E-state index is -0.581. The third kappa shape index (κ3) is 3.74. The molecule has 1 aliphatic rings. The standard InChI is InChI=1S/C21H24N2O4/c1-13(2)19(23-12-14-7-5-6-8-18(14)21(23)25)20(24)22-15-9-16(26-3)11-17(10-15)27-4/h5-11,13,19H,12H2,1-4H3,(H,22,24). The number of nitrogens with zero attached hydrogens (tertiary/aromatic N) is 1. The van der Waals surface area contributed by atoms with E-state index in [0.29, 0.717) is 29.3 Å². The quantitative estimate of drug-likeness (QED) is 0.849. The Kier molecular flexibility index (Phi) is 5.35. The first-order chi connectivity index (χ1) is 12.9. The molecule has 2 aromatic rings. The van der Waals surface area contributed by atoms with Crippen LogP contribution in [0.15, 0.2) is 42.5 Å². The topological polar surface area (TPSA) is 67.9 Å². The van der Waals surface area contributed by atoms with Crippen molar-refractivity contribution >= 4 is 17.5 Å². The van der Waals surface area contributed by atoms with Gasteiger partial charge in [-0.25, -0.2) is 0 Å². The molecule has 0 spiro atoms. The Bertz CT molecular complexity index is 841. The zero-order valence-electron chi connectivity index (χ0n) is 16.0. The van der Waals surface area contributed by atoms with E-state index in [4.69, 9.17) is 9.47 Å². The highest BCUT2D eigenvalue weighted by molar-refractivity contribution is 6.03. The van der Waals surface area contributed by atoms with Crippen LogP contribution >= 0.6 is 0 Å². The van der Waals surface area contributed by atoms with Crippen molar-refractivity contribution in [3.63, 3.8) is 0 Å². The molecule has 0 saturated heterocycles. The second-order valence-electron chi connectivity index (χ2n) is 6.87. The Morgan fingerprint density at radius 1 is 1.07 bits per heavy atom. The van der Waals surface area contributed by atoms with E-state index in [-0.39, 0.29) is 17.7 Å². The third-order valence-corrected chi connectivity index (χ3v) is 4.70. The maximum Gasteiger partial charge on any atom is 0.255 e. The highest BCUT2D eigenvalue weighted by atomic mass is 16.5. The second-order valence-corrected chi connectivity index (χ2v) is 6.87. The molecule has 6 heteroatoms. The minimum Gasteiger partial charge on any atom is -0.497 e. The molecule has 0 radical (unpaired) electrons. The van der Waals surface area contributed by atoms with Gasteiger partial charge >= 0.3 is 0 Å². The molecular formula is C21H24N2O4. The highest BCUT2D eigenvalue weighted by Crippen LogP contribution is 2.29. The van der Waals surface area contributed by atoms with E-state index >= 15 is 0 Å². The van der Waals surface area contributed by atoms with Crippen molar-refractivity contribution in [3.8, 4) is 11.5 Å². The van der Waals surface area contributed by atoms with Crippen LogP contribution in [0.5, 0.6) is 11.5 Å². The van der Waals surface area contributed by atoms with Crippen LogP contribution in [0.1, 0.15) is 29.8 Å². The molecule has 1 N–H and O–H groups in total. The van der Waals surface area contributed by atoms with Crippen molar-refractivity contribution in [1.82, 2.24) is 4.90 Å². The van der Waals surface area contributed by atoms with Crippen molar-refractivity contribution in [3.05, 3.63) is 53.6 Å². The van der Waals surface area contributed by atoms with Gasteiger partial charge in [-0.3, -0.25) is 9.59 Å². The largest absolute Gasteiger partial charge is 0.497 e. The normalized spacial score (nSPS) is 14.1. The molecule has 0 aliphatic carbocycles. The Hall–Kier alpha value is -3.02. The number of carbonyl (C=O) groups excluding carboxylic acids is 2. The average Bonchev–Trinajstić information content (AvgIpc) is 2.97. The number of hydrogen-bond donors (Lipinski definition) is 1. The molecule has 1 atom stereocenters. The molecule has 1 heterocycles. The Morgan fingerprint density at radius 2 is 1.70 bits per heavy atom. The van der Waals surface area contributed by atoms with Crippen molar-refractivity contribution < 1.29 is 19.1 Å². The number of carbonyl (C=O) groups is 2. The van der Waals surface area contributed by atoms with E-state index in [9.17, 15) is 9.59 Å². The summed E-state index contributed by atoms with van der Waals surface area (Å²) in [6, 6.07) is 12.1. The summed E-state index contributed by atoms with van der Waals surface area (Å²) < 4.78 is 10.5. The highest BCUT2D eigenvalue weighted by Gasteiger charge is 2.37. The summed E-state index contributed by atoms with van der Waals surface area (Å²) >= 11 is 0. The van der Waals surface area contributed by atoms with Gasteiger partial charge in [0.05, 0.1) is 14.2 Å². The number of benzene rings is 2. The van der Waals surface area contributed by atoms with Crippen molar-refractivity contribution in [2.75, 3.05) is 19.5 Å². The number of methoxy groups -OCH3 is 2. The molecule has 3 rings (SSSR count). The van der Waals surface area contributed by atoms with Crippen LogP contribution in [0.3, 0.4) is 0 Å². The molecule has 2 aromatic carbocycles. The first kappa shape index (κ1) is 18.8. The minimum absolute atomic E-state index is 0.0456. The number of nitrogens with one attached hydrogen (secondary N) is 1. The lowest BCUT2D eigenvalue weighted by Crippen LogP contribution is -2.47.